The van der Waals surface area contributed by atoms with Gasteiger partial charge in [-0.15, -0.1) is 0 Å². The third-order valence-electron chi connectivity index (χ3n) is 24.8. The number of carbonyl (C=O) groups is 5. The average molecular weight is 1800 g/mol. The van der Waals surface area contributed by atoms with Crippen LogP contribution in [0, 0.1) is 42.2 Å². The summed E-state index contributed by atoms with van der Waals surface area (Å²) in [5.41, 5.74) is 26.3. The van der Waals surface area contributed by atoms with Crippen LogP contribution in [0.15, 0.2) is 52.2 Å². The Hall–Kier alpha value is -9.01. The number of aliphatic hydroxyl groups is 10. The van der Waals surface area contributed by atoms with Gasteiger partial charge in [-0.1, -0.05) is 45.9 Å². The number of hydrogen-bond acceptors (Lipinski definition) is 37. The lowest BCUT2D eigenvalue weighted by Crippen LogP contribution is -2.69. The molecule has 27 atom stereocenters. The van der Waals surface area contributed by atoms with Crippen molar-refractivity contribution in [3.8, 4) is 23.0 Å². The maximum absolute atomic E-state index is 15.6. The zero-order valence-corrected chi connectivity index (χ0v) is 72.7. The number of aromatic carboxylic acids is 1. The topological polar surface area (TPSA) is 653 Å². The molecule has 43 heteroatoms. The van der Waals surface area contributed by atoms with Crippen LogP contribution in [0.3, 0.4) is 0 Å². The summed E-state index contributed by atoms with van der Waals surface area (Å²) in [5, 5.41) is 164. The molecule has 0 radical (unpaired) electrons. The second-order valence-electron chi connectivity index (χ2n) is 34.3. The molecule has 5 bridgehead atoms. The van der Waals surface area contributed by atoms with Crippen LogP contribution in [0.1, 0.15) is 126 Å². The maximum Gasteiger partial charge on any atom is 0.341 e. The molecular weight excluding hydrogens is 1680 g/mol. The summed E-state index contributed by atoms with van der Waals surface area (Å²) < 4.78 is 78.4. The van der Waals surface area contributed by atoms with Crippen LogP contribution < -0.4 is 59.7 Å². The number of phenols is 3. The second kappa shape index (κ2) is 41.8. The molecule has 8 heterocycles. The number of nitrogens with two attached hydrogens (primary N) is 5. The summed E-state index contributed by atoms with van der Waals surface area (Å²) in [5.74, 6) is -12.5. The lowest BCUT2D eigenvalue weighted by Gasteiger charge is -2.49. The summed E-state index contributed by atoms with van der Waals surface area (Å²) >= 11 is 0. The van der Waals surface area contributed by atoms with Gasteiger partial charge >= 0.3 is 17.7 Å². The first-order chi connectivity index (χ1) is 59.8. The largest absolute Gasteiger partial charge is 0.507 e. The number of likely N-dealkylation sites (N-methyl/N-ethyl adjacent to an activating group) is 1. The zero-order chi connectivity index (χ0) is 93.9. The van der Waals surface area contributed by atoms with Gasteiger partial charge < -0.3 is 168 Å². The molecule has 2 saturated carbocycles. The molecular formula is C84H123F2N13O28. The molecule has 7 aliphatic heterocycles. The van der Waals surface area contributed by atoms with Crippen LogP contribution in [0.4, 0.5) is 25.8 Å². The Kier molecular flexibility index (Phi) is 33.0. The zero-order valence-electron chi connectivity index (χ0n) is 72.7. The minimum absolute atomic E-state index is 0.0101. The Morgan fingerprint density at radius 2 is 1.40 bits per heavy atom. The highest BCUT2D eigenvalue weighted by Crippen LogP contribution is 2.55. The number of rotatable bonds is 17. The van der Waals surface area contributed by atoms with Crippen molar-refractivity contribution in [3.05, 3.63) is 86.4 Å². The molecule has 706 valence electrons. The van der Waals surface area contributed by atoms with E-state index in [0.29, 0.717) is 26.2 Å². The van der Waals surface area contributed by atoms with E-state index in [9.17, 15) is 100 Å². The predicted octanol–water partition coefficient (Wildman–Crippen LogP) is -2.01. The molecule has 41 nitrogen and oxygen atoms in total. The number of methoxy groups -OCH3 is 1. The number of aromatic nitrogens is 1. The van der Waals surface area contributed by atoms with E-state index in [0.717, 1.165) is 32.1 Å². The number of esters is 1. The van der Waals surface area contributed by atoms with Gasteiger partial charge in [0.25, 0.3) is 11.7 Å². The number of Topliss-reactive ketones (excluding diaryl/α,β-unsaturated/α-hetero) is 1. The number of nitrogen functional groups attached to an aromatic ring is 1. The number of hydrogen-bond donors (Lipinski definition) is 22. The molecule has 127 heavy (non-hydrogen) atoms. The molecule has 9 aliphatic rings. The van der Waals surface area contributed by atoms with Crippen molar-refractivity contribution in [1.29, 1.82) is 0 Å². The molecule has 4 saturated heterocycles. The minimum atomic E-state index is -2.04. The molecule has 2 aliphatic carbocycles. The highest BCUT2D eigenvalue weighted by Gasteiger charge is 2.55. The van der Waals surface area contributed by atoms with Crippen molar-refractivity contribution in [2.75, 3.05) is 89.1 Å². The number of fused-ring (bicyclic) bond motifs is 15. The number of allylic oxidation sites excluding steroid dienone is 2. The summed E-state index contributed by atoms with van der Waals surface area (Å²) in [6.45, 7) is 18.8. The Morgan fingerprint density at radius 3 is 2.00 bits per heavy atom. The fourth-order valence-corrected chi connectivity index (χ4v) is 17.1. The Bertz CT molecular complexity index is 4810. The third kappa shape index (κ3) is 21.2. The van der Waals surface area contributed by atoms with E-state index in [1.54, 1.807) is 49.8 Å². The Morgan fingerprint density at radius 1 is 0.772 bits per heavy atom. The van der Waals surface area contributed by atoms with Crippen LogP contribution in [-0.4, -0.2) is 335 Å². The number of ketones is 1. The van der Waals surface area contributed by atoms with Gasteiger partial charge in [-0.2, -0.15) is 5.10 Å². The summed E-state index contributed by atoms with van der Waals surface area (Å²) in [6, 6.07) is -3.56. The first-order valence-corrected chi connectivity index (χ1v) is 42.2. The number of anilines is 3. The Balaban J connectivity index is 0.000000213. The Labute approximate surface area is 730 Å². The van der Waals surface area contributed by atoms with Crippen molar-refractivity contribution in [3.63, 3.8) is 0 Å². The number of carbonyl (C=O) groups excluding carboxylic acids is 4. The molecule has 6 fully saturated rings. The lowest BCUT2D eigenvalue weighted by molar-refractivity contribution is -0.332. The van der Waals surface area contributed by atoms with E-state index in [2.05, 4.69) is 26.0 Å². The SMILES string of the molecule is CO[C@H]1/C=C/O[C@@]2(C)Oc3c(C)c(O)c4c(O)c(c(/C=N/N5CCN(C)CC5)c(O)c4c3C2=O)NC(=O)/C(C)=C\C=C\[C@H](C)[C@H](O)[C@@H](C)[C@@H](O)[C@@H](C)[C@H](OC(C)=O)[C@@H]1C.C[C@@H]1CN(c2c(F)c(N)c3c(=O)c(C(=O)O)cn(C4CC4)c3c2F)C[C@H](C)N1.NCCC(O)C(=O)N[C@@H]1C[C@H](N)C(O[C@H]2O[C@H](CN)[C@@H](O)[C@H](O)[C@H]2O)[C@H](O)[C@H]1O[C@H]1O[C@H](CO)[C@@H](O)[C@H](N)[C@H]1O. The molecule has 4 aromatic rings. The van der Waals surface area contributed by atoms with E-state index in [-0.39, 0.29) is 99.7 Å². The molecule has 2 unspecified atom stereocenters. The van der Waals surface area contributed by atoms with E-state index in [4.69, 9.17) is 66.6 Å². The number of halogens is 2. The fraction of sp³-hybridized carbons (Fsp3) is 0.631. The fourth-order valence-electron chi connectivity index (χ4n) is 17.1. The van der Waals surface area contributed by atoms with Gasteiger partial charge in [0.15, 0.2) is 30.0 Å². The normalized spacial score (nSPS) is 34.7. The highest BCUT2D eigenvalue weighted by molar-refractivity contribution is 6.24. The van der Waals surface area contributed by atoms with E-state index in [1.807, 2.05) is 20.9 Å². The van der Waals surface area contributed by atoms with Crippen LogP contribution in [-0.2, 0) is 47.5 Å². The minimum Gasteiger partial charge on any atom is -0.507 e. The standard InChI is InChI=1S/C43H58N4O12.C22H43N5O13.C19H22F2N4O3/c1-21-12-11-13-22(2)42(55)45-33-28(20-44-47-17-15-46(9)16-18-47)37(52)30-31(38(33)53)36(51)26(6)40-32(30)41(54)43(8,59-40)57-19-14-29(56-10)23(3)39(58-27(7)48)25(5)35(50)24(4)34(21)49;23-2-1-8(29)20(36)27-7-3-6(25)18(39-22-16(34)15(33)13(31)9(4-24)37-22)17(35)19(7)40-21-14(32)11(26)12(30)10(5-28)38-21;1-8-5-24(6-9(2)23-8)17-13(20)15(22)12-16(14(17)21)25(10-3-4-10)7-11(18(12)26)19(27)28/h11-14,19-21,23-25,29,34-35,39,49-53H,15-18H2,1-10H3,(H,45,55);6-19,21-22,28-35H,1-5,23-26H2,(H,27,36);7-10,23H,3-6,22H2,1-2H3,(H,27,28)/b12-11+,19-14+,22-13-,44-20+;;/t21-,23+,24+,25+,29-,34-,35+,39+,43-;6-,7+,8?,9+,10+,11-,12+,13+,14+,15-,16+,17-,18?,19-,21+,22+;8-,9+/m00./s1. The number of nitrogens with zero attached hydrogens (tertiary/aromatic N) is 5. The van der Waals surface area contributed by atoms with Crippen LogP contribution >= 0.6 is 0 Å². The smallest absolute Gasteiger partial charge is 0.341 e. The van der Waals surface area contributed by atoms with Crippen molar-refractivity contribution in [2.24, 2.45) is 51.7 Å². The lowest BCUT2D eigenvalue weighted by atomic mass is 9.78. The van der Waals surface area contributed by atoms with Gasteiger partial charge in [-0.25, -0.2) is 13.6 Å². The van der Waals surface area contributed by atoms with Crippen molar-refractivity contribution in [1.82, 2.24) is 25.1 Å². The highest BCUT2D eigenvalue weighted by atomic mass is 19.1. The molecule has 2 amide bonds. The van der Waals surface area contributed by atoms with Crippen molar-refractivity contribution < 1.29 is 142 Å². The summed E-state index contributed by atoms with van der Waals surface area (Å²) in [4.78, 5) is 80.9. The number of carboxylic acid groups (broad SMARTS) is 1. The van der Waals surface area contributed by atoms with Gasteiger partial charge in [-0.3, -0.25) is 29.0 Å². The first kappa shape index (κ1) is 100. The molecule has 0 spiro atoms. The number of ether oxygens (including phenoxy) is 8. The van der Waals surface area contributed by atoms with Gasteiger partial charge in [0.05, 0.1) is 88.3 Å². The molecule has 1 aromatic heterocycles. The quantitative estimate of drug-likeness (QED) is 0.0179. The number of pyridine rings is 1. The summed E-state index contributed by atoms with van der Waals surface area (Å²) in [7, 11) is 3.42. The van der Waals surface area contributed by atoms with Crippen LogP contribution in [0.5, 0.6) is 23.0 Å². The second-order valence-corrected chi connectivity index (χ2v) is 34.3. The number of nitrogens with one attached hydrogen (secondary N) is 3. The maximum atomic E-state index is 15.6. The number of aliphatic hydroxyl groups excluding tert-OH is 10. The van der Waals surface area contributed by atoms with Gasteiger partial charge in [-0.05, 0) is 73.0 Å². The molecule has 3 aromatic carbocycles. The summed E-state index contributed by atoms with van der Waals surface area (Å²) in [6.07, 6.45) is -12.4. The van der Waals surface area contributed by atoms with Crippen molar-refractivity contribution in [2.45, 2.75) is 241 Å². The predicted molar refractivity (Wildman–Crippen MR) is 454 cm³/mol. The molecule has 27 N–H and O–H groups in total. The number of piperazine rings is 2. The van der Waals surface area contributed by atoms with E-state index < -0.39 is 239 Å². The van der Waals surface area contributed by atoms with Gasteiger partial charge in [0.2, 0.25) is 11.3 Å². The number of carboxylic acids is 1. The average Bonchev–Trinajstić information content (AvgIpc) is 1.60. The van der Waals surface area contributed by atoms with Gasteiger partial charge in [0, 0.05) is 137 Å². The number of phenolic OH excluding ortho intramolecular Hbond substituents is 3. The van der Waals surface area contributed by atoms with E-state index in [1.165, 1.54) is 64.0 Å². The first-order valence-electron chi connectivity index (χ1n) is 42.2. The van der Waals surface area contributed by atoms with Crippen LogP contribution in [0.25, 0.3) is 21.7 Å². The van der Waals surface area contributed by atoms with Gasteiger partial charge in [0.1, 0.15) is 102 Å². The number of benzene rings is 3. The van der Waals surface area contributed by atoms with Crippen molar-refractivity contribution >= 4 is 74.5 Å². The third-order valence-corrected chi connectivity index (χ3v) is 24.8. The molecule has 13 rings (SSSR count). The monoisotopic (exact) mass is 1800 g/mol. The number of aromatic hydroxyl groups is 3. The number of amides is 2. The number of hydrazone groups is 1. The van der Waals surface area contributed by atoms with E-state index >= 15 is 8.78 Å². The van der Waals surface area contributed by atoms with Crippen LogP contribution in [0.2, 0.25) is 0 Å².